The molecule has 1 saturated carbocycles. The maximum absolute atomic E-state index is 11.4. The van der Waals surface area contributed by atoms with Crippen LogP contribution in [0.3, 0.4) is 0 Å². The summed E-state index contributed by atoms with van der Waals surface area (Å²) in [4.78, 5) is 12.6. The van der Waals surface area contributed by atoms with Crippen LogP contribution in [0, 0.1) is 5.92 Å². The number of carbonyl (C=O) groups is 1. The van der Waals surface area contributed by atoms with E-state index in [9.17, 15) is 4.79 Å². The zero-order chi connectivity index (χ0) is 10.7. The van der Waals surface area contributed by atoms with Gasteiger partial charge in [-0.15, -0.1) is 11.3 Å². The molecule has 1 heterocycles. The van der Waals surface area contributed by atoms with E-state index in [1.165, 1.54) is 4.88 Å². The zero-order valence-electron chi connectivity index (χ0n) is 8.52. The van der Waals surface area contributed by atoms with Gasteiger partial charge in [0.25, 0.3) is 0 Å². The summed E-state index contributed by atoms with van der Waals surface area (Å²) in [6.07, 6.45) is 2.93. The Labute approximate surface area is 93.2 Å². The Morgan fingerprint density at radius 2 is 2.47 bits per heavy atom. The van der Waals surface area contributed by atoms with E-state index in [1.54, 1.807) is 11.3 Å². The Hall–Kier alpha value is -0.870. The lowest BCUT2D eigenvalue weighted by Gasteiger charge is -2.09. The fourth-order valence-electron chi connectivity index (χ4n) is 1.45. The van der Waals surface area contributed by atoms with Gasteiger partial charge in [-0.05, 0) is 30.2 Å². The summed E-state index contributed by atoms with van der Waals surface area (Å²) >= 11 is 1.68. The molecule has 0 spiro atoms. The number of nitrogens with two attached hydrogens (primary N) is 1. The molecule has 3 nitrogen and oxygen atoms in total. The molecule has 2 rings (SSSR count). The minimum Gasteiger partial charge on any atom is -0.464 e. The van der Waals surface area contributed by atoms with Crippen LogP contribution in [0.4, 0.5) is 0 Å². The van der Waals surface area contributed by atoms with Gasteiger partial charge in [-0.3, -0.25) is 4.79 Å². The second-order valence-electron chi connectivity index (χ2n) is 3.86. The van der Waals surface area contributed by atoms with Crippen LogP contribution in [-0.2, 0) is 16.0 Å². The van der Waals surface area contributed by atoms with Crippen LogP contribution in [0.15, 0.2) is 17.5 Å². The number of hydrogen-bond acceptors (Lipinski definition) is 4. The maximum Gasteiger partial charge on any atom is 0.323 e. The van der Waals surface area contributed by atoms with E-state index in [0.717, 1.165) is 19.3 Å². The van der Waals surface area contributed by atoms with Crippen molar-refractivity contribution in [2.75, 3.05) is 6.61 Å². The monoisotopic (exact) mass is 225 g/mol. The highest BCUT2D eigenvalue weighted by molar-refractivity contribution is 7.09. The maximum atomic E-state index is 11.4. The van der Waals surface area contributed by atoms with Gasteiger partial charge in [0.2, 0.25) is 0 Å². The van der Waals surface area contributed by atoms with Gasteiger partial charge in [0.1, 0.15) is 6.04 Å². The predicted molar refractivity (Wildman–Crippen MR) is 59.7 cm³/mol. The molecule has 4 heteroatoms. The molecule has 82 valence electrons. The first kappa shape index (κ1) is 10.6. The standard InChI is InChI=1S/C11H15NO2S/c12-10(8-3-4-8)11(13)14-6-5-9-2-1-7-15-9/h1-2,7-8,10H,3-6,12H2. The lowest BCUT2D eigenvalue weighted by atomic mass is 10.2. The third-order valence-corrected chi connectivity index (χ3v) is 3.51. The Morgan fingerprint density at radius 3 is 3.07 bits per heavy atom. The van der Waals surface area contributed by atoms with E-state index in [-0.39, 0.29) is 5.97 Å². The third kappa shape index (κ3) is 3.04. The molecule has 1 atom stereocenters. The van der Waals surface area contributed by atoms with Gasteiger partial charge in [0.05, 0.1) is 6.61 Å². The lowest BCUT2D eigenvalue weighted by molar-refractivity contribution is -0.145. The van der Waals surface area contributed by atoms with Gasteiger partial charge < -0.3 is 10.5 Å². The van der Waals surface area contributed by atoms with Gasteiger partial charge in [0, 0.05) is 11.3 Å². The Balaban J connectivity index is 1.67. The van der Waals surface area contributed by atoms with Crippen LogP contribution in [0.1, 0.15) is 17.7 Å². The lowest BCUT2D eigenvalue weighted by Crippen LogP contribution is -2.34. The number of hydrogen-bond donors (Lipinski definition) is 1. The molecule has 1 aromatic heterocycles. The number of carbonyl (C=O) groups excluding carboxylic acids is 1. The summed E-state index contributed by atoms with van der Waals surface area (Å²) < 4.78 is 5.12. The Morgan fingerprint density at radius 1 is 1.67 bits per heavy atom. The zero-order valence-corrected chi connectivity index (χ0v) is 9.33. The average molecular weight is 225 g/mol. The van der Waals surface area contributed by atoms with E-state index < -0.39 is 6.04 Å². The second-order valence-corrected chi connectivity index (χ2v) is 4.89. The predicted octanol–water partition coefficient (Wildman–Crippen LogP) is 1.57. The van der Waals surface area contributed by atoms with Gasteiger partial charge in [-0.2, -0.15) is 0 Å². The highest BCUT2D eigenvalue weighted by Gasteiger charge is 2.34. The average Bonchev–Trinajstić information content (AvgIpc) is 2.96. The molecule has 0 aliphatic heterocycles. The highest BCUT2D eigenvalue weighted by atomic mass is 32.1. The molecule has 2 N–H and O–H groups in total. The van der Waals surface area contributed by atoms with Crippen LogP contribution in [-0.4, -0.2) is 18.6 Å². The van der Waals surface area contributed by atoms with Crippen molar-refractivity contribution in [2.45, 2.75) is 25.3 Å². The van der Waals surface area contributed by atoms with Crippen molar-refractivity contribution in [3.8, 4) is 0 Å². The molecule has 15 heavy (non-hydrogen) atoms. The first-order valence-corrected chi connectivity index (χ1v) is 6.10. The fraction of sp³-hybridized carbons (Fsp3) is 0.545. The van der Waals surface area contributed by atoms with Crippen molar-refractivity contribution in [2.24, 2.45) is 11.7 Å². The van der Waals surface area contributed by atoms with Gasteiger partial charge in [-0.1, -0.05) is 6.07 Å². The molecule has 0 bridgehead atoms. The number of thiophene rings is 1. The quantitative estimate of drug-likeness (QED) is 0.774. The van der Waals surface area contributed by atoms with Gasteiger partial charge in [0.15, 0.2) is 0 Å². The normalized spacial score (nSPS) is 17.4. The van der Waals surface area contributed by atoms with Crippen molar-refractivity contribution in [3.63, 3.8) is 0 Å². The summed E-state index contributed by atoms with van der Waals surface area (Å²) in [7, 11) is 0. The Bertz CT molecular complexity index is 319. The van der Waals surface area contributed by atoms with Crippen molar-refractivity contribution in [1.29, 1.82) is 0 Å². The number of rotatable bonds is 5. The number of esters is 1. The minimum absolute atomic E-state index is 0.242. The van der Waals surface area contributed by atoms with Crippen LogP contribution < -0.4 is 5.73 Å². The molecular formula is C11H15NO2S. The summed E-state index contributed by atoms with van der Waals surface area (Å²) in [5, 5.41) is 2.02. The van der Waals surface area contributed by atoms with Crippen molar-refractivity contribution in [3.05, 3.63) is 22.4 Å². The molecular weight excluding hydrogens is 210 g/mol. The fourth-order valence-corrected chi connectivity index (χ4v) is 2.14. The molecule has 0 aromatic carbocycles. The minimum atomic E-state index is -0.395. The third-order valence-electron chi connectivity index (χ3n) is 2.57. The second kappa shape index (κ2) is 4.77. The smallest absolute Gasteiger partial charge is 0.323 e. The largest absolute Gasteiger partial charge is 0.464 e. The van der Waals surface area contributed by atoms with E-state index in [1.807, 2.05) is 17.5 Å². The molecule has 0 radical (unpaired) electrons. The molecule has 0 amide bonds. The molecule has 1 aliphatic carbocycles. The van der Waals surface area contributed by atoms with Gasteiger partial charge >= 0.3 is 5.97 Å². The first-order valence-electron chi connectivity index (χ1n) is 5.22. The van der Waals surface area contributed by atoms with Crippen LogP contribution >= 0.6 is 11.3 Å². The van der Waals surface area contributed by atoms with E-state index in [0.29, 0.717) is 12.5 Å². The summed E-state index contributed by atoms with van der Waals surface area (Å²) in [6, 6.07) is 3.64. The van der Waals surface area contributed by atoms with Crippen molar-refractivity contribution < 1.29 is 9.53 Å². The summed E-state index contributed by atoms with van der Waals surface area (Å²) in [5.41, 5.74) is 5.71. The summed E-state index contributed by atoms with van der Waals surface area (Å²) in [6.45, 7) is 0.444. The molecule has 1 fully saturated rings. The first-order chi connectivity index (χ1) is 7.27. The molecule has 1 aromatic rings. The Kier molecular flexibility index (Phi) is 3.38. The molecule has 1 aliphatic rings. The van der Waals surface area contributed by atoms with E-state index >= 15 is 0 Å². The number of ether oxygens (including phenoxy) is 1. The summed E-state index contributed by atoms with van der Waals surface area (Å²) in [5.74, 6) is 0.133. The molecule has 1 unspecified atom stereocenters. The topological polar surface area (TPSA) is 52.3 Å². The van der Waals surface area contributed by atoms with Crippen LogP contribution in [0.5, 0.6) is 0 Å². The van der Waals surface area contributed by atoms with Crippen molar-refractivity contribution in [1.82, 2.24) is 0 Å². The van der Waals surface area contributed by atoms with E-state index in [2.05, 4.69) is 0 Å². The van der Waals surface area contributed by atoms with E-state index in [4.69, 9.17) is 10.5 Å². The van der Waals surface area contributed by atoms with Crippen LogP contribution in [0.25, 0.3) is 0 Å². The van der Waals surface area contributed by atoms with Gasteiger partial charge in [-0.25, -0.2) is 0 Å². The van der Waals surface area contributed by atoms with Crippen molar-refractivity contribution >= 4 is 17.3 Å². The SMILES string of the molecule is NC(C(=O)OCCc1cccs1)C1CC1. The highest BCUT2D eigenvalue weighted by Crippen LogP contribution is 2.31. The molecule has 0 saturated heterocycles. The van der Waals surface area contributed by atoms with Crippen LogP contribution in [0.2, 0.25) is 0 Å².